The van der Waals surface area contributed by atoms with Crippen molar-refractivity contribution in [3.63, 3.8) is 0 Å². The van der Waals surface area contributed by atoms with Gasteiger partial charge in [-0.2, -0.15) is 5.10 Å². The summed E-state index contributed by atoms with van der Waals surface area (Å²) < 4.78 is 1.75. The molecule has 1 fully saturated rings. The van der Waals surface area contributed by atoms with Crippen LogP contribution >= 0.6 is 0 Å². The Balaban J connectivity index is 1.99. The van der Waals surface area contributed by atoms with Gasteiger partial charge in [-0.05, 0) is 26.3 Å². The van der Waals surface area contributed by atoms with Crippen LogP contribution in [0.3, 0.4) is 0 Å². The first-order valence-corrected chi connectivity index (χ1v) is 7.92. The Bertz CT molecular complexity index is 575. The molecule has 1 aromatic rings. The fourth-order valence-corrected chi connectivity index (χ4v) is 2.95. The monoisotopic (exact) mass is 321 g/mol. The van der Waals surface area contributed by atoms with E-state index in [9.17, 15) is 9.59 Å². The summed E-state index contributed by atoms with van der Waals surface area (Å²) >= 11 is 0. The largest absolute Gasteiger partial charge is 0.350 e. The molecule has 0 spiro atoms. The predicted octanol–water partition coefficient (Wildman–Crippen LogP) is 0.0962. The number of hydrogen-bond donors (Lipinski definition) is 2. The molecule has 0 bridgehead atoms. The van der Waals surface area contributed by atoms with Crippen LogP contribution in [0, 0.1) is 5.92 Å². The second kappa shape index (κ2) is 6.70. The van der Waals surface area contributed by atoms with E-state index in [0.717, 1.165) is 12.1 Å². The molecule has 2 N–H and O–H groups in total. The highest BCUT2D eigenvalue weighted by Gasteiger charge is 2.36. The highest BCUT2D eigenvalue weighted by Crippen LogP contribution is 2.29. The Hall–Kier alpha value is -1.89. The highest BCUT2D eigenvalue weighted by atomic mass is 16.2. The smallest absolute Gasteiger partial charge is 0.240 e. The lowest BCUT2D eigenvalue weighted by Crippen LogP contribution is -2.47. The van der Waals surface area contributed by atoms with Crippen molar-refractivity contribution in [2.45, 2.75) is 32.2 Å². The van der Waals surface area contributed by atoms with E-state index in [1.54, 1.807) is 11.7 Å². The van der Waals surface area contributed by atoms with Crippen LogP contribution in [-0.4, -0.2) is 58.7 Å². The number of carbonyl (C=O) groups is 2. The van der Waals surface area contributed by atoms with Crippen LogP contribution in [-0.2, 0) is 16.6 Å². The number of nitrogens with one attached hydrogen (secondary N) is 2. The third kappa shape index (κ3) is 4.54. The summed E-state index contributed by atoms with van der Waals surface area (Å²) in [7, 11) is 3.55. The first-order valence-electron chi connectivity index (χ1n) is 7.92. The van der Waals surface area contributed by atoms with Crippen molar-refractivity contribution in [3.05, 3.63) is 18.0 Å². The average Bonchev–Trinajstić information content (AvgIpc) is 3.03. The zero-order valence-electron chi connectivity index (χ0n) is 14.6. The van der Waals surface area contributed by atoms with Gasteiger partial charge in [-0.1, -0.05) is 0 Å². The molecule has 2 amide bonds. The van der Waals surface area contributed by atoms with Gasteiger partial charge < -0.3 is 15.5 Å². The molecule has 128 valence electrons. The average molecular weight is 321 g/mol. The number of rotatable bonds is 4. The fourth-order valence-electron chi connectivity index (χ4n) is 2.95. The maximum atomic E-state index is 12.7. The van der Waals surface area contributed by atoms with Crippen molar-refractivity contribution in [2.75, 3.05) is 26.7 Å². The maximum absolute atomic E-state index is 12.7. The van der Waals surface area contributed by atoms with Crippen molar-refractivity contribution in [3.8, 4) is 0 Å². The molecule has 1 saturated heterocycles. The summed E-state index contributed by atoms with van der Waals surface area (Å²) in [5.41, 5.74) is 0.761. The van der Waals surface area contributed by atoms with Crippen LogP contribution in [0.4, 0.5) is 0 Å². The predicted molar refractivity (Wildman–Crippen MR) is 87.8 cm³/mol. The van der Waals surface area contributed by atoms with Crippen molar-refractivity contribution < 1.29 is 9.59 Å². The molecular weight excluding hydrogens is 294 g/mol. The molecule has 0 aromatic carbocycles. The van der Waals surface area contributed by atoms with Crippen molar-refractivity contribution in [2.24, 2.45) is 13.0 Å². The number of carbonyl (C=O) groups excluding carboxylic acids is 2. The summed E-state index contributed by atoms with van der Waals surface area (Å²) in [6.45, 7) is 7.23. The highest BCUT2D eigenvalue weighted by molar-refractivity contribution is 5.86. The summed E-state index contributed by atoms with van der Waals surface area (Å²) in [6.07, 6.45) is 3.76. The second-order valence-electron chi connectivity index (χ2n) is 7.31. The number of aromatic nitrogens is 2. The molecule has 0 unspecified atom stereocenters. The number of amides is 2. The SMILES string of the molecule is CN(CC(=O)NC(C)(C)C)C(=O)[C@H]1CNC[C@@H]1c1cnn(C)c1. The lowest BCUT2D eigenvalue weighted by molar-refractivity contribution is -0.138. The van der Waals surface area contributed by atoms with Gasteiger partial charge >= 0.3 is 0 Å². The third-order valence-corrected chi connectivity index (χ3v) is 3.96. The van der Waals surface area contributed by atoms with Gasteiger partial charge in [-0.25, -0.2) is 0 Å². The molecule has 1 aromatic heterocycles. The zero-order chi connectivity index (χ0) is 17.2. The molecule has 2 heterocycles. The van der Waals surface area contributed by atoms with E-state index in [-0.39, 0.29) is 35.7 Å². The van der Waals surface area contributed by atoms with Gasteiger partial charge in [-0.15, -0.1) is 0 Å². The van der Waals surface area contributed by atoms with Crippen LogP contribution in [0.1, 0.15) is 32.3 Å². The van der Waals surface area contributed by atoms with E-state index >= 15 is 0 Å². The number of hydrogen-bond acceptors (Lipinski definition) is 4. The van der Waals surface area contributed by atoms with Crippen LogP contribution in [0.15, 0.2) is 12.4 Å². The minimum atomic E-state index is -0.297. The molecule has 0 radical (unpaired) electrons. The Labute approximate surface area is 137 Å². The van der Waals surface area contributed by atoms with Gasteiger partial charge in [0.2, 0.25) is 11.8 Å². The normalized spacial score (nSPS) is 21.3. The van der Waals surface area contributed by atoms with E-state index in [1.807, 2.05) is 40.2 Å². The molecule has 2 rings (SSSR count). The van der Waals surface area contributed by atoms with Gasteiger partial charge in [0, 0.05) is 44.8 Å². The first kappa shape index (κ1) is 17.5. The summed E-state index contributed by atoms with van der Waals surface area (Å²) in [5.74, 6) is -0.207. The van der Waals surface area contributed by atoms with Gasteiger partial charge in [0.25, 0.3) is 0 Å². The maximum Gasteiger partial charge on any atom is 0.240 e. The zero-order valence-corrected chi connectivity index (χ0v) is 14.6. The summed E-state index contributed by atoms with van der Waals surface area (Å²) in [5, 5.41) is 10.3. The Morgan fingerprint density at radius 3 is 2.70 bits per heavy atom. The quantitative estimate of drug-likeness (QED) is 0.824. The first-order chi connectivity index (χ1) is 10.7. The molecule has 1 aliphatic rings. The molecule has 1 aliphatic heterocycles. The summed E-state index contributed by atoms with van der Waals surface area (Å²) in [4.78, 5) is 26.2. The van der Waals surface area contributed by atoms with Gasteiger partial charge in [0.15, 0.2) is 0 Å². The lowest BCUT2D eigenvalue weighted by atomic mass is 9.90. The standard InChI is InChI=1S/C16H27N5O2/c1-16(2,3)19-14(22)10-20(4)15(23)13-8-17-7-12(13)11-6-18-21(5)9-11/h6,9,12-13,17H,7-8,10H2,1-5H3,(H,19,22)/t12-,13+/m1/s1. The molecule has 7 nitrogen and oxygen atoms in total. The number of aryl methyl sites for hydroxylation is 1. The van der Waals surface area contributed by atoms with Crippen LogP contribution < -0.4 is 10.6 Å². The molecule has 23 heavy (non-hydrogen) atoms. The second-order valence-corrected chi connectivity index (χ2v) is 7.31. The molecule has 2 atom stereocenters. The molecular formula is C16H27N5O2. The Morgan fingerprint density at radius 2 is 2.13 bits per heavy atom. The fraction of sp³-hybridized carbons (Fsp3) is 0.688. The van der Waals surface area contributed by atoms with Gasteiger partial charge in [0.05, 0.1) is 18.7 Å². The topological polar surface area (TPSA) is 79.3 Å². The molecule has 0 saturated carbocycles. The van der Waals surface area contributed by atoms with E-state index in [4.69, 9.17) is 0 Å². The Morgan fingerprint density at radius 1 is 1.43 bits per heavy atom. The van der Waals surface area contributed by atoms with E-state index < -0.39 is 0 Å². The van der Waals surface area contributed by atoms with Gasteiger partial charge in [-0.3, -0.25) is 14.3 Å². The van der Waals surface area contributed by atoms with E-state index in [0.29, 0.717) is 6.54 Å². The molecule has 7 heteroatoms. The minimum Gasteiger partial charge on any atom is -0.350 e. The summed E-state index contributed by atoms with van der Waals surface area (Å²) in [6, 6.07) is 0. The van der Waals surface area contributed by atoms with E-state index in [1.165, 1.54) is 4.90 Å². The minimum absolute atomic E-state index is 0.00656. The van der Waals surface area contributed by atoms with E-state index in [2.05, 4.69) is 15.7 Å². The number of likely N-dealkylation sites (N-methyl/N-ethyl adjacent to an activating group) is 1. The molecule has 0 aliphatic carbocycles. The van der Waals surface area contributed by atoms with Crippen LogP contribution in [0.25, 0.3) is 0 Å². The van der Waals surface area contributed by atoms with Crippen molar-refractivity contribution in [1.29, 1.82) is 0 Å². The lowest BCUT2D eigenvalue weighted by Gasteiger charge is -2.26. The van der Waals surface area contributed by atoms with Crippen LogP contribution in [0.2, 0.25) is 0 Å². The Kier molecular flexibility index (Phi) is 5.09. The van der Waals surface area contributed by atoms with Crippen molar-refractivity contribution in [1.82, 2.24) is 25.3 Å². The number of nitrogens with zero attached hydrogens (tertiary/aromatic N) is 3. The van der Waals surface area contributed by atoms with Crippen molar-refractivity contribution >= 4 is 11.8 Å². The van der Waals surface area contributed by atoms with Gasteiger partial charge in [0.1, 0.15) is 0 Å². The van der Waals surface area contributed by atoms with Crippen LogP contribution in [0.5, 0.6) is 0 Å². The third-order valence-electron chi connectivity index (χ3n) is 3.96.